The van der Waals surface area contributed by atoms with Crippen LogP contribution >= 0.6 is 0 Å². The van der Waals surface area contributed by atoms with Crippen LogP contribution in [0.5, 0.6) is 0 Å². The van der Waals surface area contributed by atoms with Gasteiger partial charge in [0, 0.05) is 6.92 Å². The average molecular weight is 340 g/mol. The molecule has 0 saturated heterocycles. The van der Waals surface area contributed by atoms with Crippen LogP contribution < -0.4 is 5.32 Å². The van der Waals surface area contributed by atoms with Crippen LogP contribution in [0.25, 0.3) is 17.3 Å². The summed E-state index contributed by atoms with van der Waals surface area (Å²) in [5.74, 6) is 0.458. The summed E-state index contributed by atoms with van der Waals surface area (Å²) in [6.07, 6.45) is 1.57. The zero-order chi connectivity index (χ0) is 18.2. The number of carbonyl (C=O) groups excluding carboxylic acids is 1. The first-order chi connectivity index (χ1) is 11.7. The summed E-state index contributed by atoms with van der Waals surface area (Å²) in [5.41, 5.74) is 2.85. The number of aryl methyl sites for hydroxylation is 2. The topological polar surface area (TPSA) is 98.7 Å². The van der Waals surface area contributed by atoms with Crippen molar-refractivity contribution in [1.82, 2.24) is 30.5 Å². The van der Waals surface area contributed by atoms with Gasteiger partial charge < -0.3 is 9.84 Å². The van der Waals surface area contributed by atoms with Crippen molar-refractivity contribution < 1.29 is 9.32 Å². The van der Waals surface area contributed by atoms with E-state index in [4.69, 9.17) is 4.52 Å². The maximum Gasteiger partial charge on any atom is 0.280 e. The third-order valence-electron chi connectivity index (χ3n) is 3.62. The van der Waals surface area contributed by atoms with Crippen molar-refractivity contribution in [3.8, 4) is 17.3 Å². The molecule has 1 N–H and O–H groups in total. The molecule has 0 aliphatic carbocycles. The normalized spacial score (nSPS) is 11.6. The molecule has 0 saturated carbocycles. The van der Waals surface area contributed by atoms with Gasteiger partial charge in [-0.15, -0.1) is 5.10 Å². The van der Waals surface area contributed by atoms with Crippen molar-refractivity contribution in [3.05, 3.63) is 41.3 Å². The van der Waals surface area contributed by atoms with E-state index in [1.165, 1.54) is 11.7 Å². The Morgan fingerprint density at radius 2 is 1.88 bits per heavy atom. The van der Waals surface area contributed by atoms with Crippen molar-refractivity contribution in [2.45, 2.75) is 40.2 Å². The number of carbonyl (C=O) groups is 1. The molecular weight excluding hydrogens is 320 g/mol. The fourth-order valence-corrected chi connectivity index (χ4v) is 2.63. The molecule has 8 nitrogen and oxygen atoms in total. The molecule has 3 aromatic rings. The zero-order valence-corrected chi connectivity index (χ0v) is 14.9. The summed E-state index contributed by atoms with van der Waals surface area (Å²) in [5, 5.41) is 15.4. The molecule has 1 amide bonds. The molecule has 0 bridgehead atoms. The van der Waals surface area contributed by atoms with E-state index in [9.17, 15) is 4.79 Å². The van der Waals surface area contributed by atoms with Crippen molar-refractivity contribution >= 4 is 5.91 Å². The Hall–Kier alpha value is -3.03. The highest BCUT2D eigenvalue weighted by molar-refractivity contribution is 5.73. The molecule has 0 atom stereocenters. The first kappa shape index (κ1) is 16.8. The lowest BCUT2D eigenvalue weighted by Crippen LogP contribution is -2.40. The molecule has 2 heterocycles. The van der Waals surface area contributed by atoms with Gasteiger partial charge in [-0.05, 0) is 51.0 Å². The Morgan fingerprint density at radius 3 is 2.52 bits per heavy atom. The van der Waals surface area contributed by atoms with Gasteiger partial charge in [0.15, 0.2) is 11.5 Å². The third-order valence-corrected chi connectivity index (χ3v) is 3.62. The predicted molar refractivity (Wildman–Crippen MR) is 91.0 cm³/mol. The predicted octanol–water partition coefficient (Wildman–Crippen LogP) is 2.31. The minimum Gasteiger partial charge on any atom is -0.344 e. The number of amides is 1. The summed E-state index contributed by atoms with van der Waals surface area (Å²) in [4.78, 5) is 17.2. The summed E-state index contributed by atoms with van der Waals surface area (Å²) in [6.45, 7) is 9.09. The molecule has 0 radical (unpaired) electrons. The van der Waals surface area contributed by atoms with E-state index in [1.807, 2.05) is 26.0 Å². The van der Waals surface area contributed by atoms with Gasteiger partial charge in [-0.3, -0.25) is 4.79 Å². The molecule has 25 heavy (non-hydrogen) atoms. The molecule has 8 heteroatoms. The Morgan fingerprint density at radius 1 is 1.20 bits per heavy atom. The van der Waals surface area contributed by atoms with E-state index in [1.54, 1.807) is 20.0 Å². The number of nitrogens with one attached hydrogen (secondary N) is 1. The molecule has 2 aromatic heterocycles. The van der Waals surface area contributed by atoms with Gasteiger partial charge in [-0.2, -0.15) is 14.9 Å². The van der Waals surface area contributed by atoms with E-state index in [0.717, 1.165) is 16.8 Å². The van der Waals surface area contributed by atoms with E-state index in [-0.39, 0.29) is 11.8 Å². The number of benzene rings is 1. The van der Waals surface area contributed by atoms with Gasteiger partial charge in [0.25, 0.3) is 5.89 Å². The summed E-state index contributed by atoms with van der Waals surface area (Å²) in [7, 11) is 0. The van der Waals surface area contributed by atoms with Gasteiger partial charge in [-0.25, -0.2) is 0 Å². The standard InChI is InChI=1S/C17H20N6O2/c1-10-6-11(2)8-13(7-10)23-18-9-14(21-23)15-19-16(22-25-15)17(4,5)20-12(3)24/h6-9H,1-5H3,(H,20,24). The minimum absolute atomic E-state index is 0.169. The Kier molecular flexibility index (Phi) is 4.12. The van der Waals surface area contributed by atoms with Crippen LogP contribution in [-0.2, 0) is 10.3 Å². The number of hydrogen-bond donors (Lipinski definition) is 1. The fraction of sp³-hybridized carbons (Fsp3) is 0.353. The quantitative estimate of drug-likeness (QED) is 0.782. The highest BCUT2D eigenvalue weighted by atomic mass is 16.5. The van der Waals surface area contributed by atoms with Crippen LogP contribution in [0.3, 0.4) is 0 Å². The van der Waals surface area contributed by atoms with Crippen LogP contribution in [0.2, 0.25) is 0 Å². The van der Waals surface area contributed by atoms with Crippen LogP contribution in [0, 0.1) is 13.8 Å². The molecular formula is C17H20N6O2. The first-order valence-corrected chi connectivity index (χ1v) is 7.89. The monoisotopic (exact) mass is 340 g/mol. The molecule has 0 unspecified atom stereocenters. The number of hydrogen-bond acceptors (Lipinski definition) is 6. The average Bonchev–Trinajstić information content (AvgIpc) is 3.14. The molecule has 0 aliphatic rings. The molecule has 0 aliphatic heterocycles. The van der Waals surface area contributed by atoms with Crippen molar-refractivity contribution in [3.63, 3.8) is 0 Å². The maximum atomic E-state index is 11.3. The smallest absolute Gasteiger partial charge is 0.280 e. The summed E-state index contributed by atoms with van der Waals surface area (Å²) >= 11 is 0. The van der Waals surface area contributed by atoms with Crippen LogP contribution in [0.4, 0.5) is 0 Å². The van der Waals surface area contributed by atoms with Crippen molar-refractivity contribution in [1.29, 1.82) is 0 Å². The lowest BCUT2D eigenvalue weighted by atomic mass is 10.1. The summed E-state index contributed by atoms with van der Waals surface area (Å²) < 4.78 is 5.29. The van der Waals surface area contributed by atoms with Crippen molar-refractivity contribution in [2.24, 2.45) is 0 Å². The second kappa shape index (κ2) is 6.12. The molecule has 1 aromatic carbocycles. The van der Waals surface area contributed by atoms with Gasteiger partial charge in [0.2, 0.25) is 5.91 Å². The number of nitrogens with zero attached hydrogens (tertiary/aromatic N) is 5. The summed E-state index contributed by atoms with van der Waals surface area (Å²) in [6, 6.07) is 6.08. The Labute approximate surface area is 145 Å². The van der Waals surface area contributed by atoms with Gasteiger partial charge in [-0.1, -0.05) is 11.2 Å². The minimum atomic E-state index is -0.739. The van der Waals surface area contributed by atoms with E-state index >= 15 is 0 Å². The third kappa shape index (κ3) is 3.57. The highest BCUT2D eigenvalue weighted by Gasteiger charge is 2.28. The van der Waals surface area contributed by atoms with Gasteiger partial charge in [0.05, 0.1) is 17.4 Å². The number of rotatable bonds is 4. The highest BCUT2D eigenvalue weighted by Crippen LogP contribution is 2.21. The maximum absolute atomic E-state index is 11.3. The second-order valence-corrected chi connectivity index (χ2v) is 6.59. The molecule has 0 fully saturated rings. The van der Waals surface area contributed by atoms with Crippen LogP contribution in [0.15, 0.2) is 28.9 Å². The molecule has 3 rings (SSSR count). The van der Waals surface area contributed by atoms with Crippen LogP contribution in [0.1, 0.15) is 37.7 Å². The lowest BCUT2D eigenvalue weighted by Gasteiger charge is -2.20. The SMILES string of the molecule is CC(=O)NC(C)(C)c1noc(-c2cnn(-c3cc(C)cc(C)c3)n2)n1. The largest absolute Gasteiger partial charge is 0.344 e. The lowest BCUT2D eigenvalue weighted by molar-refractivity contribution is -0.120. The zero-order valence-electron chi connectivity index (χ0n) is 14.9. The van der Waals surface area contributed by atoms with E-state index < -0.39 is 5.54 Å². The van der Waals surface area contributed by atoms with Gasteiger partial charge in [0.1, 0.15) is 0 Å². The number of aromatic nitrogens is 5. The van der Waals surface area contributed by atoms with Crippen LogP contribution in [-0.4, -0.2) is 31.0 Å². The first-order valence-electron chi connectivity index (χ1n) is 7.89. The van der Waals surface area contributed by atoms with Gasteiger partial charge >= 0.3 is 0 Å². The Bertz CT molecular complexity index is 905. The molecule has 130 valence electrons. The van der Waals surface area contributed by atoms with E-state index in [0.29, 0.717) is 11.5 Å². The second-order valence-electron chi connectivity index (χ2n) is 6.59. The fourth-order valence-electron chi connectivity index (χ4n) is 2.63. The van der Waals surface area contributed by atoms with E-state index in [2.05, 4.69) is 31.7 Å². The van der Waals surface area contributed by atoms with Crippen molar-refractivity contribution in [2.75, 3.05) is 0 Å². The Balaban J connectivity index is 1.89. The molecule has 0 spiro atoms.